The highest BCUT2D eigenvalue weighted by molar-refractivity contribution is 6.29. The van der Waals surface area contributed by atoms with Crippen LogP contribution in [0.1, 0.15) is 49.5 Å². The molecule has 2 aromatic heterocycles. The van der Waals surface area contributed by atoms with Gasteiger partial charge in [-0.3, -0.25) is 0 Å². The second-order valence-corrected chi connectivity index (χ2v) is 6.12. The van der Waals surface area contributed by atoms with Crippen LogP contribution in [-0.2, 0) is 0 Å². The van der Waals surface area contributed by atoms with Crippen molar-refractivity contribution in [2.75, 3.05) is 0 Å². The number of halogens is 1. The Balaban J connectivity index is 1.69. The van der Waals surface area contributed by atoms with Crippen LogP contribution in [0.3, 0.4) is 0 Å². The highest BCUT2D eigenvalue weighted by Gasteiger charge is 2.36. The van der Waals surface area contributed by atoms with Crippen molar-refractivity contribution in [1.82, 2.24) is 9.97 Å². The summed E-state index contributed by atoms with van der Waals surface area (Å²) in [5.74, 6) is 4.29. The third-order valence-corrected chi connectivity index (χ3v) is 4.23. The second-order valence-electron chi connectivity index (χ2n) is 5.73. The summed E-state index contributed by atoms with van der Waals surface area (Å²) in [6, 6.07) is 5.88. The Kier molecular flexibility index (Phi) is 2.46. The van der Waals surface area contributed by atoms with Crippen LogP contribution in [0.4, 0.5) is 0 Å². The lowest BCUT2D eigenvalue weighted by molar-refractivity contribution is 0.514. The quantitative estimate of drug-likeness (QED) is 0.779. The van der Waals surface area contributed by atoms with Gasteiger partial charge < -0.3 is 4.42 Å². The summed E-state index contributed by atoms with van der Waals surface area (Å²) in [6.45, 7) is 2.24. The number of hydrogen-bond donors (Lipinski definition) is 0. The maximum atomic E-state index is 6.08. The molecule has 19 heavy (non-hydrogen) atoms. The lowest BCUT2D eigenvalue weighted by Gasteiger charge is -2.01. The van der Waals surface area contributed by atoms with Crippen LogP contribution in [0.2, 0.25) is 5.15 Å². The van der Waals surface area contributed by atoms with E-state index in [2.05, 4.69) is 16.9 Å². The Hall–Kier alpha value is -1.35. The van der Waals surface area contributed by atoms with Crippen LogP contribution in [0.25, 0.3) is 11.6 Å². The first-order valence-corrected chi connectivity index (χ1v) is 7.23. The van der Waals surface area contributed by atoms with E-state index in [0.29, 0.717) is 22.8 Å². The zero-order chi connectivity index (χ0) is 13.0. The Morgan fingerprint density at radius 2 is 2.05 bits per heavy atom. The van der Waals surface area contributed by atoms with Crippen molar-refractivity contribution in [1.29, 1.82) is 0 Å². The molecule has 2 fully saturated rings. The third-order valence-electron chi connectivity index (χ3n) is 4.03. The smallest absolute Gasteiger partial charge is 0.197 e. The molecular weight excluding hydrogens is 260 g/mol. The Bertz CT molecular complexity index is 633. The second kappa shape index (κ2) is 4.07. The van der Waals surface area contributed by atoms with Gasteiger partial charge in [0.2, 0.25) is 0 Å². The van der Waals surface area contributed by atoms with Gasteiger partial charge in [-0.1, -0.05) is 18.5 Å². The number of rotatable bonds is 3. The van der Waals surface area contributed by atoms with E-state index in [1.165, 1.54) is 19.3 Å². The number of nitrogens with zero attached hydrogens (tertiary/aromatic N) is 2. The maximum absolute atomic E-state index is 6.08. The van der Waals surface area contributed by atoms with Crippen LogP contribution in [0, 0.1) is 5.92 Å². The van der Waals surface area contributed by atoms with Crippen molar-refractivity contribution in [3.05, 3.63) is 34.8 Å². The standard InChI is InChI=1S/C15H15ClN2O/c1-8-6-10(8)12-4-5-13(19-12)15-17-11(9-2-3-9)7-14(16)18-15/h4-5,7-10H,2-3,6H2,1H3. The molecule has 2 atom stereocenters. The number of furan rings is 1. The van der Waals surface area contributed by atoms with E-state index in [-0.39, 0.29) is 0 Å². The molecule has 2 unspecified atom stereocenters. The fourth-order valence-corrected chi connectivity index (χ4v) is 2.72. The van der Waals surface area contributed by atoms with E-state index in [0.717, 1.165) is 23.1 Å². The molecule has 0 aromatic carbocycles. The van der Waals surface area contributed by atoms with Gasteiger partial charge in [-0.25, -0.2) is 9.97 Å². The molecule has 3 nitrogen and oxygen atoms in total. The highest BCUT2D eigenvalue weighted by atomic mass is 35.5. The first kappa shape index (κ1) is 11.5. The molecule has 2 aliphatic rings. The predicted molar refractivity (Wildman–Crippen MR) is 73.2 cm³/mol. The summed E-state index contributed by atoms with van der Waals surface area (Å²) in [5, 5.41) is 0.504. The molecule has 0 bridgehead atoms. The lowest BCUT2D eigenvalue weighted by Crippen LogP contribution is -1.94. The van der Waals surface area contributed by atoms with Crippen LogP contribution in [0.5, 0.6) is 0 Å². The van der Waals surface area contributed by atoms with Crippen molar-refractivity contribution in [2.45, 2.75) is 38.0 Å². The minimum atomic E-state index is 0.504. The van der Waals surface area contributed by atoms with Gasteiger partial charge in [0.1, 0.15) is 10.9 Å². The molecule has 98 valence electrons. The van der Waals surface area contributed by atoms with Gasteiger partial charge in [0.15, 0.2) is 11.6 Å². The summed E-state index contributed by atoms with van der Waals surface area (Å²) in [4.78, 5) is 8.88. The number of hydrogen-bond acceptors (Lipinski definition) is 3. The van der Waals surface area contributed by atoms with Crippen LogP contribution in [-0.4, -0.2) is 9.97 Å². The molecule has 2 aliphatic carbocycles. The molecule has 4 rings (SSSR count). The van der Waals surface area contributed by atoms with Crippen molar-refractivity contribution in [3.8, 4) is 11.6 Å². The monoisotopic (exact) mass is 274 g/mol. The fraction of sp³-hybridized carbons (Fsp3) is 0.467. The first-order chi connectivity index (χ1) is 9.20. The van der Waals surface area contributed by atoms with Gasteiger partial charge in [-0.15, -0.1) is 0 Å². The topological polar surface area (TPSA) is 38.9 Å². The molecule has 0 radical (unpaired) electrons. The van der Waals surface area contributed by atoms with Crippen LogP contribution in [0.15, 0.2) is 22.6 Å². The van der Waals surface area contributed by atoms with Gasteiger partial charge in [0.25, 0.3) is 0 Å². The number of aromatic nitrogens is 2. The van der Waals surface area contributed by atoms with Crippen molar-refractivity contribution < 1.29 is 4.42 Å². The molecule has 0 spiro atoms. The molecule has 0 saturated heterocycles. The maximum Gasteiger partial charge on any atom is 0.197 e. The van der Waals surface area contributed by atoms with Crippen molar-refractivity contribution >= 4 is 11.6 Å². The van der Waals surface area contributed by atoms with E-state index in [9.17, 15) is 0 Å². The summed E-state index contributed by atoms with van der Waals surface area (Å²) >= 11 is 6.08. The lowest BCUT2D eigenvalue weighted by atomic mass is 10.2. The molecule has 0 aliphatic heterocycles. The van der Waals surface area contributed by atoms with Gasteiger partial charge in [-0.2, -0.15) is 0 Å². The molecular formula is C15H15ClN2O. The summed E-state index contributed by atoms with van der Waals surface area (Å²) < 4.78 is 5.89. The van der Waals surface area contributed by atoms with E-state index in [1.54, 1.807) is 0 Å². The van der Waals surface area contributed by atoms with E-state index >= 15 is 0 Å². The Morgan fingerprint density at radius 3 is 2.74 bits per heavy atom. The minimum Gasteiger partial charge on any atom is -0.457 e. The van der Waals surface area contributed by atoms with Gasteiger partial charge in [-0.05, 0) is 43.4 Å². The Morgan fingerprint density at radius 1 is 1.26 bits per heavy atom. The van der Waals surface area contributed by atoms with Crippen LogP contribution < -0.4 is 0 Å². The minimum absolute atomic E-state index is 0.504. The average molecular weight is 275 g/mol. The first-order valence-electron chi connectivity index (χ1n) is 6.85. The molecule has 2 heterocycles. The van der Waals surface area contributed by atoms with Crippen LogP contribution >= 0.6 is 11.6 Å². The zero-order valence-electron chi connectivity index (χ0n) is 10.8. The van der Waals surface area contributed by atoms with E-state index in [1.807, 2.05) is 18.2 Å². The van der Waals surface area contributed by atoms with Gasteiger partial charge >= 0.3 is 0 Å². The summed E-state index contributed by atoms with van der Waals surface area (Å²) in [5.41, 5.74) is 1.05. The van der Waals surface area contributed by atoms with Gasteiger partial charge in [0.05, 0.1) is 0 Å². The van der Waals surface area contributed by atoms with E-state index in [4.69, 9.17) is 16.0 Å². The Labute approximate surface area is 117 Å². The molecule has 2 saturated carbocycles. The normalized spacial score (nSPS) is 25.6. The third kappa shape index (κ3) is 2.16. The summed E-state index contributed by atoms with van der Waals surface area (Å²) in [7, 11) is 0. The largest absolute Gasteiger partial charge is 0.457 e. The zero-order valence-corrected chi connectivity index (χ0v) is 11.5. The van der Waals surface area contributed by atoms with Crippen molar-refractivity contribution in [3.63, 3.8) is 0 Å². The van der Waals surface area contributed by atoms with Crippen molar-refractivity contribution in [2.24, 2.45) is 5.92 Å². The molecule has 4 heteroatoms. The SMILES string of the molecule is CC1CC1c1ccc(-c2nc(Cl)cc(C3CC3)n2)o1. The molecule has 0 N–H and O–H groups in total. The molecule has 0 amide bonds. The van der Waals surface area contributed by atoms with E-state index < -0.39 is 0 Å². The van der Waals surface area contributed by atoms with Gasteiger partial charge in [0, 0.05) is 17.5 Å². The fourth-order valence-electron chi connectivity index (χ4n) is 2.52. The average Bonchev–Trinajstić information content (AvgIpc) is 3.29. The highest BCUT2D eigenvalue weighted by Crippen LogP contribution is 2.48. The molecule has 2 aromatic rings. The predicted octanol–water partition coefficient (Wildman–Crippen LogP) is 4.39. The summed E-state index contributed by atoms with van der Waals surface area (Å²) in [6.07, 6.45) is 3.63.